The molecule has 2 amide bonds. The number of carbonyl (C=O) groups excluding carboxylic acids is 1. The molecule has 1 aromatic rings. The molecule has 6 nitrogen and oxygen atoms in total. The summed E-state index contributed by atoms with van der Waals surface area (Å²) in [6.07, 6.45) is 4.61. The van der Waals surface area contributed by atoms with Gasteiger partial charge >= 0.3 is 12.0 Å². The number of hydrogen-bond donors (Lipinski definition) is 2. The van der Waals surface area contributed by atoms with Gasteiger partial charge in [-0.3, -0.25) is 9.69 Å². The first-order valence-electron chi connectivity index (χ1n) is 8.69. The van der Waals surface area contributed by atoms with E-state index in [0.717, 1.165) is 43.5 Å². The number of hydrogen-bond acceptors (Lipinski definition) is 3. The molecule has 1 aromatic carbocycles. The monoisotopic (exact) mass is 331 g/mol. The van der Waals surface area contributed by atoms with E-state index in [2.05, 4.69) is 0 Å². The van der Waals surface area contributed by atoms with Gasteiger partial charge in [0.05, 0.1) is 0 Å². The van der Waals surface area contributed by atoms with E-state index in [1.807, 2.05) is 34.1 Å². The highest BCUT2D eigenvalue weighted by Crippen LogP contribution is 2.28. The minimum atomic E-state index is -0.795. The van der Waals surface area contributed by atoms with Crippen LogP contribution in [0.15, 0.2) is 24.3 Å². The van der Waals surface area contributed by atoms with Gasteiger partial charge in [0, 0.05) is 37.3 Å². The Balaban J connectivity index is 1.61. The van der Waals surface area contributed by atoms with E-state index in [-0.39, 0.29) is 18.5 Å². The number of aryl methyl sites for hydroxylation is 1. The molecule has 0 spiro atoms. The lowest BCUT2D eigenvalue weighted by Gasteiger charge is -2.33. The van der Waals surface area contributed by atoms with Gasteiger partial charge in [0.1, 0.15) is 0 Å². The third-order valence-electron chi connectivity index (χ3n) is 5.10. The molecule has 2 fully saturated rings. The first-order chi connectivity index (χ1) is 11.5. The van der Waals surface area contributed by atoms with Crippen LogP contribution >= 0.6 is 0 Å². The average molecular weight is 331 g/mol. The zero-order valence-corrected chi connectivity index (χ0v) is 13.9. The fourth-order valence-electron chi connectivity index (χ4n) is 3.64. The number of amides is 2. The molecule has 0 atom stereocenters. The summed E-state index contributed by atoms with van der Waals surface area (Å²) in [6, 6.07) is 8.33. The van der Waals surface area contributed by atoms with Crippen molar-refractivity contribution in [2.24, 2.45) is 5.73 Å². The lowest BCUT2D eigenvalue weighted by atomic mass is 9.91. The van der Waals surface area contributed by atoms with Gasteiger partial charge in [-0.2, -0.15) is 0 Å². The lowest BCUT2D eigenvalue weighted by Crippen LogP contribution is -2.43. The van der Waals surface area contributed by atoms with Crippen LogP contribution in [0.4, 0.5) is 10.5 Å². The Bertz CT molecular complexity index is 594. The summed E-state index contributed by atoms with van der Waals surface area (Å²) < 4.78 is 0. The summed E-state index contributed by atoms with van der Waals surface area (Å²) in [6.45, 7) is 1.47. The number of nitrogens with zero attached hydrogens (tertiary/aromatic N) is 2. The second-order valence-corrected chi connectivity index (χ2v) is 6.76. The number of carboxylic acids is 1. The van der Waals surface area contributed by atoms with Gasteiger partial charge in [-0.1, -0.05) is 12.1 Å². The fraction of sp³-hybridized carbons (Fsp3) is 0.556. The second kappa shape index (κ2) is 7.21. The summed E-state index contributed by atoms with van der Waals surface area (Å²) in [4.78, 5) is 27.2. The average Bonchev–Trinajstić information content (AvgIpc) is 2.96. The van der Waals surface area contributed by atoms with Gasteiger partial charge < -0.3 is 15.7 Å². The van der Waals surface area contributed by atoms with Crippen molar-refractivity contribution in [3.05, 3.63) is 29.8 Å². The number of carboxylic acid groups (broad SMARTS) is 1. The van der Waals surface area contributed by atoms with Crippen LogP contribution in [0.5, 0.6) is 0 Å². The van der Waals surface area contributed by atoms with Crippen LogP contribution in [0.3, 0.4) is 0 Å². The van der Waals surface area contributed by atoms with Crippen LogP contribution in [0, 0.1) is 0 Å². The van der Waals surface area contributed by atoms with Crippen molar-refractivity contribution in [3.8, 4) is 0 Å². The maximum Gasteiger partial charge on any atom is 0.324 e. The predicted molar refractivity (Wildman–Crippen MR) is 92.1 cm³/mol. The van der Waals surface area contributed by atoms with Gasteiger partial charge in [-0.15, -0.1) is 0 Å². The molecule has 2 aliphatic rings. The number of carbonyl (C=O) groups is 2. The summed E-state index contributed by atoms with van der Waals surface area (Å²) in [7, 11) is 0. The Hall–Kier alpha value is -2.08. The SMILES string of the molecule is NC1CCC(N2CCN(c3ccc(CCC(=O)O)cc3)C2=O)CC1. The first kappa shape index (κ1) is 16.8. The van der Waals surface area contributed by atoms with E-state index in [1.165, 1.54) is 0 Å². The van der Waals surface area contributed by atoms with Gasteiger partial charge in [-0.05, 0) is 49.8 Å². The van der Waals surface area contributed by atoms with E-state index < -0.39 is 5.97 Å². The molecule has 3 N–H and O–H groups in total. The zero-order valence-electron chi connectivity index (χ0n) is 13.9. The minimum Gasteiger partial charge on any atom is -0.481 e. The van der Waals surface area contributed by atoms with Gasteiger partial charge in [-0.25, -0.2) is 4.79 Å². The van der Waals surface area contributed by atoms with Crippen molar-refractivity contribution >= 4 is 17.7 Å². The number of rotatable bonds is 5. The lowest BCUT2D eigenvalue weighted by molar-refractivity contribution is -0.136. The highest BCUT2D eigenvalue weighted by molar-refractivity contribution is 5.94. The van der Waals surface area contributed by atoms with Crippen LogP contribution in [0.25, 0.3) is 0 Å². The Morgan fingerprint density at radius 3 is 2.42 bits per heavy atom. The smallest absolute Gasteiger partial charge is 0.324 e. The number of benzene rings is 1. The van der Waals surface area contributed by atoms with Crippen molar-refractivity contribution in [3.63, 3.8) is 0 Å². The third-order valence-corrected chi connectivity index (χ3v) is 5.10. The van der Waals surface area contributed by atoms with Crippen molar-refractivity contribution in [2.45, 2.75) is 50.6 Å². The molecule has 24 heavy (non-hydrogen) atoms. The number of urea groups is 1. The van der Waals surface area contributed by atoms with E-state index in [0.29, 0.717) is 19.0 Å². The summed E-state index contributed by atoms with van der Waals surface area (Å²) >= 11 is 0. The van der Waals surface area contributed by atoms with E-state index in [1.54, 1.807) is 0 Å². The highest BCUT2D eigenvalue weighted by atomic mass is 16.4. The molecule has 0 bridgehead atoms. The van der Waals surface area contributed by atoms with Gasteiger partial charge in [0.15, 0.2) is 0 Å². The van der Waals surface area contributed by atoms with Crippen molar-refractivity contribution in [2.75, 3.05) is 18.0 Å². The number of anilines is 1. The van der Waals surface area contributed by atoms with Gasteiger partial charge in [0.2, 0.25) is 0 Å². The Labute approximate surface area is 142 Å². The highest BCUT2D eigenvalue weighted by Gasteiger charge is 2.35. The van der Waals surface area contributed by atoms with Crippen LogP contribution < -0.4 is 10.6 Å². The molecule has 1 saturated carbocycles. The van der Waals surface area contributed by atoms with E-state index >= 15 is 0 Å². The molecular weight excluding hydrogens is 306 g/mol. The molecule has 1 aliphatic carbocycles. The molecule has 6 heteroatoms. The fourth-order valence-corrected chi connectivity index (χ4v) is 3.64. The van der Waals surface area contributed by atoms with Crippen LogP contribution in [0.1, 0.15) is 37.7 Å². The number of aliphatic carboxylic acids is 1. The summed E-state index contributed by atoms with van der Waals surface area (Å²) in [5.41, 5.74) is 7.82. The predicted octanol–water partition coefficient (Wildman–Crippen LogP) is 2.22. The van der Waals surface area contributed by atoms with Crippen molar-refractivity contribution in [1.29, 1.82) is 0 Å². The second-order valence-electron chi connectivity index (χ2n) is 6.76. The summed E-state index contributed by atoms with van der Waals surface area (Å²) in [5.74, 6) is -0.795. The quantitative estimate of drug-likeness (QED) is 0.866. The van der Waals surface area contributed by atoms with Crippen LogP contribution in [0.2, 0.25) is 0 Å². The zero-order chi connectivity index (χ0) is 17.1. The van der Waals surface area contributed by atoms with Crippen molar-refractivity contribution < 1.29 is 14.7 Å². The largest absolute Gasteiger partial charge is 0.481 e. The van der Waals surface area contributed by atoms with Crippen molar-refractivity contribution in [1.82, 2.24) is 4.90 Å². The molecule has 130 valence electrons. The van der Waals surface area contributed by atoms with Crippen LogP contribution in [-0.4, -0.2) is 47.2 Å². The first-order valence-corrected chi connectivity index (χ1v) is 8.69. The maximum absolute atomic E-state index is 12.7. The molecule has 1 saturated heterocycles. The molecule has 1 heterocycles. The Kier molecular flexibility index (Phi) is 5.04. The Morgan fingerprint density at radius 1 is 1.12 bits per heavy atom. The maximum atomic E-state index is 12.7. The molecule has 1 aliphatic heterocycles. The standard InChI is InChI=1S/C18H25N3O3/c19-14-4-8-16(9-5-14)21-12-11-20(18(21)24)15-6-1-13(2-7-15)3-10-17(22)23/h1-2,6-7,14,16H,3-5,8-12,19H2,(H,22,23). The van der Waals surface area contributed by atoms with Crippen LogP contribution in [-0.2, 0) is 11.2 Å². The molecule has 0 radical (unpaired) electrons. The molecular formula is C18H25N3O3. The normalized spacial score (nSPS) is 24.5. The molecule has 0 aromatic heterocycles. The topological polar surface area (TPSA) is 86.9 Å². The van der Waals surface area contributed by atoms with E-state index in [9.17, 15) is 9.59 Å². The Morgan fingerprint density at radius 2 is 1.79 bits per heavy atom. The van der Waals surface area contributed by atoms with Gasteiger partial charge in [0.25, 0.3) is 0 Å². The van der Waals surface area contributed by atoms with E-state index in [4.69, 9.17) is 10.8 Å². The number of nitrogens with two attached hydrogens (primary N) is 1. The minimum absolute atomic E-state index is 0.0776. The molecule has 0 unspecified atom stereocenters. The summed E-state index contributed by atoms with van der Waals surface area (Å²) in [5, 5.41) is 8.74. The third kappa shape index (κ3) is 3.70. The molecule has 3 rings (SSSR count).